The molecule has 0 amide bonds. The minimum Gasteiger partial charge on any atom is -0.320 e. The lowest BCUT2D eigenvalue weighted by Gasteiger charge is -2.17. The number of alkyl halides is 2. The summed E-state index contributed by atoms with van der Waals surface area (Å²) < 4.78 is 39.9. The first-order valence-corrected chi connectivity index (χ1v) is 4.76. The molecule has 0 saturated carbocycles. The fraction of sp³-hybridized carbons (Fsp3) is 0.455. The minimum atomic E-state index is -2.90. The molecule has 1 rings (SSSR count). The lowest BCUT2D eigenvalue weighted by atomic mass is 10.0. The summed E-state index contributed by atoms with van der Waals surface area (Å²) in [6.07, 6.45) is -0.283. The van der Waals surface area contributed by atoms with E-state index in [0.29, 0.717) is 0 Å². The maximum Gasteiger partial charge on any atom is 0.274 e. The van der Waals surface area contributed by atoms with Crippen LogP contribution >= 0.6 is 0 Å². The molecule has 1 nitrogen and oxygen atoms in total. The zero-order valence-corrected chi connectivity index (χ0v) is 8.78. The maximum atomic E-state index is 13.5. The molecule has 4 heteroatoms. The van der Waals surface area contributed by atoms with Crippen molar-refractivity contribution in [1.82, 2.24) is 5.32 Å². The summed E-state index contributed by atoms with van der Waals surface area (Å²) in [4.78, 5) is 0. The van der Waals surface area contributed by atoms with Gasteiger partial charge >= 0.3 is 0 Å². The van der Waals surface area contributed by atoms with Crippen LogP contribution in [0.25, 0.3) is 0 Å². The lowest BCUT2D eigenvalue weighted by Crippen LogP contribution is -2.21. The summed E-state index contributed by atoms with van der Waals surface area (Å²) in [5.41, 5.74) is 0.119. The molecule has 0 aliphatic rings. The van der Waals surface area contributed by atoms with E-state index in [1.165, 1.54) is 13.0 Å². The Morgan fingerprint density at radius 2 is 2.00 bits per heavy atom. The zero-order chi connectivity index (χ0) is 11.5. The Morgan fingerprint density at radius 1 is 1.33 bits per heavy atom. The van der Waals surface area contributed by atoms with E-state index < -0.39 is 11.7 Å². The second kappa shape index (κ2) is 4.66. The van der Waals surface area contributed by atoms with Gasteiger partial charge in [-0.15, -0.1) is 0 Å². The molecule has 84 valence electrons. The number of halogens is 3. The quantitative estimate of drug-likeness (QED) is 0.817. The Bertz CT molecular complexity index is 337. The minimum absolute atomic E-state index is 0.128. The van der Waals surface area contributed by atoms with Crippen LogP contribution in [0.15, 0.2) is 18.2 Å². The number of hydrogen-bond acceptors (Lipinski definition) is 1. The van der Waals surface area contributed by atoms with Crippen LogP contribution in [0.2, 0.25) is 0 Å². The molecule has 0 unspecified atom stereocenters. The molecule has 0 aliphatic heterocycles. The predicted molar refractivity (Wildman–Crippen MR) is 53.6 cm³/mol. The van der Waals surface area contributed by atoms with Gasteiger partial charge in [0.1, 0.15) is 5.82 Å². The maximum absolute atomic E-state index is 13.5. The second-order valence-electron chi connectivity index (χ2n) is 3.52. The molecule has 0 radical (unpaired) electrons. The standard InChI is InChI=1S/C11H14F3N/c1-8-7-9(3-4-10(8)12)11(13,14)5-6-15-2/h3-4,7,15H,5-6H2,1-2H3. The molecule has 0 aromatic heterocycles. The van der Waals surface area contributed by atoms with E-state index in [4.69, 9.17) is 0 Å². The van der Waals surface area contributed by atoms with Gasteiger partial charge in [-0.25, -0.2) is 13.2 Å². The van der Waals surface area contributed by atoms with Crippen LogP contribution in [0.1, 0.15) is 17.5 Å². The van der Waals surface area contributed by atoms with Crippen molar-refractivity contribution in [3.63, 3.8) is 0 Å². The molecule has 0 aliphatic carbocycles. The Balaban J connectivity index is 2.89. The highest BCUT2D eigenvalue weighted by Crippen LogP contribution is 2.31. The molecular formula is C11H14F3N. The molecule has 0 atom stereocenters. The molecule has 0 heterocycles. The average Bonchev–Trinajstić information content (AvgIpc) is 2.19. The highest BCUT2D eigenvalue weighted by molar-refractivity contribution is 5.27. The van der Waals surface area contributed by atoms with Crippen molar-refractivity contribution < 1.29 is 13.2 Å². The molecule has 0 saturated heterocycles. The van der Waals surface area contributed by atoms with Gasteiger partial charge in [0.2, 0.25) is 0 Å². The zero-order valence-electron chi connectivity index (χ0n) is 8.78. The summed E-state index contributed by atoms with van der Waals surface area (Å²) in [5, 5.41) is 2.67. The molecule has 0 bridgehead atoms. The average molecular weight is 217 g/mol. The first-order valence-electron chi connectivity index (χ1n) is 4.76. The van der Waals surface area contributed by atoms with Gasteiger partial charge < -0.3 is 5.32 Å². The van der Waals surface area contributed by atoms with Crippen LogP contribution in [0.5, 0.6) is 0 Å². The van der Waals surface area contributed by atoms with Crippen LogP contribution in [-0.2, 0) is 5.92 Å². The topological polar surface area (TPSA) is 12.0 Å². The number of nitrogens with one attached hydrogen (secondary N) is 1. The third-order valence-corrected chi connectivity index (χ3v) is 2.27. The third kappa shape index (κ3) is 2.96. The van der Waals surface area contributed by atoms with Crippen LogP contribution in [0.3, 0.4) is 0 Å². The van der Waals surface area contributed by atoms with Crippen molar-refractivity contribution in [1.29, 1.82) is 0 Å². The first kappa shape index (κ1) is 12.0. The predicted octanol–water partition coefficient (Wildman–Crippen LogP) is 2.84. The molecule has 15 heavy (non-hydrogen) atoms. The Hall–Kier alpha value is -1.03. The van der Waals surface area contributed by atoms with Gasteiger partial charge in [0.15, 0.2) is 0 Å². The van der Waals surface area contributed by atoms with E-state index in [1.54, 1.807) is 7.05 Å². The summed E-state index contributed by atoms with van der Waals surface area (Å²) in [7, 11) is 1.62. The van der Waals surface area contributed by atoms with Crippen LogP contribution in [-0.4, -0.2) is 13.6 Å². The largest absolute Gasteiger partial charge is 0.320 e. The number of benzene rings is 1. The molecular weight excluding hydrogens is 203 g/mol. The van der Waals surface area contributed by atoms with Crippen molar-refractivity contribution in [2.75, 3.05) is 13.6 Å². The Labute approximate surface area is 87.3 Å². The van der Waals surface area contributed by atoms with Crippen molar-refractivity contribution in [2.24, 2.45) is 0 Å². The van der Waals surface area contributed by atoms with Crippen molar-refractivity contribution >= 4 is 0 Å². The summed E-state index contributed by atoms with van der Waals surface area (Å²) in [6.45, 7) is 1.70. The van der Waals surface area contributed by atoms with E-state index in [9.17, 15) is 13.2 Å². The van der Waals surface area contributed by atoms with Gasteiger partial charge in [0.05, 0.1) is 0 Å². The summed E-state index contributed by atoms with van der Waals surface area (Å²) >= 11 is 0. The number of rotatable bonds is 4. The van der Waals surface area contributed by atoms with Gasteiger partial charge in [-0.2, -0.15) is 0 Å². The number of aryl methyl sites for hydroxylation is 1. The highest BCUT2D eigenvalue weighted by Gasteiger charge is 2.30. The molecule has 1 aromatic rings. The van der Waals surface area contributed by atoms with Gasteiger partial charge in [-0.3, -0.25) is 0 Å². The van der Waals surface area contributed by atoms with Crippen molar-refractivity contribution in [3.05, 3.63) is 35.1 Å². The highest BCUT2D eigenvalue weighted by atomic mass is 19.3. The first-order chi connectivity index (χ1) is 6.97. The number of hydrogen-bond donors (Lipinski definition) is 1. The van der Waals surface area contributed by atoms with E-state index in [0.717, 1.165) is 12.1 Å². The third-order valence-electron chi connectivity index (χ3n) is 2.27. The SMILES string of the molecule is CNCCC(F)(F)c1ccc(F)c(C)c1. The van der Waals surface area contributed by atoms with E-state index in [-0.39, 0.29) is 24.1 Å². The normalized spacial score (nSPS) is 11.8. The summed E-state index contributed by atoms with van der Waals surface area (Å²) in [6, 6.07) is 3.42. The summed E-state index contributed by atoms with van der Waals surface area (Å²) in [5.74, 6) is -3.36. The van der Waals surface area contributed by atoms with Gasteiger partial charge in [-0.05, 0) is 31.7 Å². The molecule has 1 aromatic carbocycles. The Morgan fingerprint density at radius 3 is 2.53 bits per heavy atom. The van der Waals surface area contributed by atoms with E-state index >= 15 is 0 Å². The monoisotopic (exact) mass is 217 g/mol. The van der Waals surface area contributed by atoms with Crippen LogP contribution in [0.4, 0.5) is 13.2 Å². The molecule has 0 fully saturated rings. The fourth-order valence-corrected chi connectivity index (χ4v) is 1.30. The van der Waals surface area contributed by atoms with Gasteiger partial charge in [0, 0.05) is 18.5 Å². The molecule has 0 spiro atoms. The fourth-order valence-electron chi connectivity index (χ4n) is 1.30. The van der Waals surface area contributed by atoms with E-state index in [2.05, 4.69) is 5.32 Å². The van der Waals surface area contributed by atoms with Crippen LogP contribution < -0.4 is 5.32 Å². The van der Waals surface area contributed by atoms with Gasteiger partial charge in [0.25, 0.3) is 5.92 Å². The van der Waals surface area contributed by atoms with Gasteiger partial charge in [-0.1, -0.05) is 6.07 Å². The van der Waals surface area contributed by atoms with Crippen molar-refractivity contribution in [2.45, 2.75) is 19.3 Å². The van der Waals surface area contributed by atoms with Crippen LogP contribution in [0, 0.1) is 12.7 Å². The Kier molecular flexibility index (Phi) is 3.74. The second-order valence-corrected chi connectivity index (χ2v) is 3.52. The van der Waals surface area contributed by atoms with Crippen molar-refractivity contribution in [3.8, 4) is 0 Å². The lowest BCUT2D eigenvalue weighted by molar-refractivity contribution is -0.0124. The smallest absolute Gasteiger partial charge is 0.274 e. The molecule has 1 N–H and O–H groups in total. The van der Waals surface area contributed by atoms with E-state index in [1.807, 2.05) is 0 Å².